The maximum Gasteiger partial charge on any atom is 0.132 e. The Kier molecular flexibility index (Phi) is 3.66. The van der Waals surface area contributed by atoms with Gasteiger partial charge in [-0.15, -0.1) is 0 Å². The lowest BCUT2D eigenvalue weighted by molar-refractivity contribution is 0.257. The molecule has 1 aromatic carbocycles. The number of benzene rings is 1. The van der Waals surface area contributed by atoms with Gasteiger partial charge in [0.15, 0.2) is 0 Å². The van der Waals surface area contributed by atoms with Crippen LogP contribution in [0.15, 0.2) is 30.5 Å². The lowest BCUT2D eigenvalue weighted by atomic mass is 10.2. The van der Waals surface area contributed by atoms with E-state index < -0.39 is 0 Å². The topological polar surface area (TPSA) is 47.3 Å². The summed E-state index contributed by atoms with van der Waals surface area (Å²) in [4.78, 5) is 0. The fraction of sp³-hybridized carbons (Fsp3) is 0.250. The average molecular weight is 253 g/mol. The molecule has 0 fully saturated rings. The van der Waals surface area contributed by atoms with Crippen LogP contribution < -0.4 is 4.74 Å². The Morgan fingerprint density at radius 3 is 2.88 bits per heavy atom. The third-order valence-electron chi connectivity index (χ3n) is 2.34. The number of nitrogens with zero attached hydrogens (tertiary/aromatic N) is 2. The summed E-state index contributed by atoms with van der Waals surface area (Å²) in [6, 6.07) is 7.05. The largest absolute Gasteiger partial charge is 0.487 e. The molecule has 1 N–H and O–H groups in total. The summed E-state index contributed by atoms with van der Waals surface area (Å²) < 4.78 is 7.30. The van der Waals surface area contributed by atoms with E-state index in [1.165, 1.54) is 0 Å². The number of rotatable bonds is 4. The minimum Gasteiger partial charge on any atom is -0.487 e. The second-order valence-corrected chi connectivity index (χ2v) is 4.12. The minimum atomic E-state index is -0.0991. The van der Waals surface area contributed by atoms with Crippen molar-refractivity contribution in [1.82, 2.24) is 9.78 Å². The van der Waals surface area contributed by atoms with Crippen LogP contribution in [0.2, 0.25) is 5.02 Å². The van der Waals surface area contributed by atoms with Crippen LogP contribution in [0.25, 0.3) is 0 Å². The molecule has 90 valence electrons. The van der Waals surface area contributed by atoms with Crippen LogP contribution in [0.5, 0.6) is 5.75 Å². The molecule has 1 heterocycles. The summed E-state index contributed by atoms with van der Waals surface area (Å²) in [5.41, 5.74) is 1.51. The number of aryl methyl sites for hydroxylation is 1. The zero-order chi connectivity index (χ0) is 12.3. The van der Waals surface area contributed by atoms with Crippen molar-refractivity contribution >= 4 is 11.6 Å². The molecule has 0 aliphatic rings. The molecule has 2 rings (SSSR count). The Hall–Kier alpha value is -1.52. The van der Waals surface area contributed by atoms with E-state index >= 15 is 0 Å². The van der Waals surface area contributed by atoms with Crippen LogP contribution in [0.3, 0.4) is 0 Å². The average Bonchev–Trinajstić information content (AvgIpc) is 2.73. The van der Waals surface area contributed by atoms with E-state index in [1.54, 1.807) is 22.9 Å². The van der Waals surface area contributed by atoms with Crippen LogP contribution in [0.1, 0.15) is 11.3 Å². The van der Waals surface area contributed by atoms with E-state index in [0.29, 0.717) is 22.9 Å². The first-order valence-corrected chi connectivity index (χ1v) is 5.57. The molecular weight excluding hydrogens is 240 g/mol. The Bertz CT molecular complexity index is 511. The van der Waals surface area contributed by atoms with Gasteiger partial charge in [-0.2, -0.15) is 5.10 Å². The number of aromatic nitrogens is 2. The maximum atomic E-state index is 9.19. The Morgan fingerprint density at radius 1 is 1.41 bits per heavy atom. The van der Waals surface area contributed by atoms with Gasteiger partial charge in [-0.25, -0.2) is 0 Å². The highest BCUT2D eigenvalue weighted by Gasteiger charge is 2.05. The Labute approximate surface area is 104 Å². The number of hydrogen-bond acceptors (Lipinski definition) is 3. The van der Waals surface area contributed by atoms with Crippen molar-refractivity contribution in [2.24, 2.45) is 7.05 Å². The third kappa shape index (κ3) is 2.99. The summed E-state index contributed by atoms with van der Waals surface area (Å²) in [5.74, 6) is 0.627. The number of halogens is 1. The Balaban J connectivity index is 2.08. The van der Waals surface area contributed by atoms with Gasteiger partial charge >= 0.3 is 0 Å². The molecule has 0 unspecified atom stereocenters. The van der Waals surface area contributed by atoms with Gasteiger partial charge in [0.05, 0.1) is 12.3 Å². The standard InChI is InChI=1S/C12H13ClN2O2/c1-15-5-4-11(14-15)8-17-12-3-2-10(13)6-9(12)7-16/h2-6,16H,7-8H2,1H3. The van der Waals surface area contributed by atoms with Gasteiger partial charge in [0.2, 0.25) is 0 Å². The third-order valence-corrected chi connectivity index (χ3v) is 2.57. The highest BCUT2D eigenvalue weighted by Crippen LogP contribution is 2.23. The van der Waals surface area contributed by atoms with Gasteiger partial charge in [0.1, 0.15) is 12.4 Å². The predicted octanol–water partition coefficient (Wildman–Crippen LogP) is 2.14. The fourth-order valence-corrected chi connectivity index (χ4v) is 1.70. The van der Waals surface area contributed by atoms with Gasteiger partial charge in [-0.1, -0.05) is 11.6 Å². The second kappa shape index (κ2) is 5.21. The molecule has 4 nitrogen and oxygen atoms in total. The lowest BCUT2D eigenvalue weighted by Crippen LogP contribution is -2.00. The van der Waals surface area contributed by atoms with Crippen LogP contribution in [0, 0.1) is 0 Å². The number of hydrogen-bond donors (Lipinski definition) is 1. The monoisotopic (exact) mass is 252 g/mol. The molecule has 1 aromatic heterocycles. The minimum absolute atomic E-state index is 0.0991. The van der Waals surface area contributed by atoms with Crippen molar-refractivity contribution in [2.45, 2.75) is 13.2 Å². The zero-order valence-electron chi connectivity index (χ0n) is 9.43. The van der Waals surface area contributed by atoms with E-state index in [1.807, 2.05) is 19.3 Å². The van der Waals surface area contributed by atoms with Gasteiger partial charge < -0.3 is 9.84 Å². The number of aliphatic hydroxyl groups excluding tert-OH is 1. The smallest absolute Gasteiger partial charge is 0.132 e. The van der Waals surface area contributed by atoms with Gasteiger partial charge in [0, 0.05) is 23.8 Å². The van der Waals surface area contributed by atoms with Gasteiger partial charge in [-0.3, -0.25) is 4.68 Å². The zero-order valence-corrected chi connectivity index (χ0v) is 10.2. The molecule has 17 heavy (non-hydrogen) atoms. The van der Waals surface area contributed by atoms with Gasteiger partial charge in [0.25, 0.3) is 0 Å². The van der Waals surface area contributed by atoms with Crippen molar-refractivity contribution < 1.29 is 9.84 Å². The molecule has 0 aliphatic carbocycles. The number of ether oxygens (including phenoxy) is 1. The first-order valence-electron chi connectivity index (χ1n) is 5.19. The summed E-state index contributed by atoms with van der Waals surface area (Å²) in [6.07, 6.45) is 1.85. The predicted molar refractivity (Wildman–Crippen MR) is 64.9 cm³/mol. The highest BCUT2D eigenvalue weighted by atomic mass is 35.5. The van der Waals surface area contributed by atoms with E-state index in [4.69, 9.17) is 16.3 Å². The molecule has 0 radical (unpaired) electrons. The van der Waals surface area contributed by atoms with Crippen molar-refractivity contribution in [3.8, 4) is 5.75 Å². The molecular formula is C12H13ClN2O2. The molecule has 0 spiro atoms. The molecule has 0 bridgehead atoms. The SMILES string of the molecule is Cn1ccc(COc2ccc(Cl)cc2CO)n1. The summed E-state index contributed by atoms with van der Waals surface area (Å²) in [6.45, 7) is 0.271. The molecule has 0 saturated heterocycles. The van der Waals surface area contributed by atoms with Crippen molar-refractivity contribution in [3.63, 3.8) is 0 Å². The van der Waals surface area contributed by atoms with Crippen molar-refractivity contribution in [1.29, 1.82) is 0 Å². The second-order valence-electron chi connectivity index (χ2n) is 3.68. The first kappa shape index (κ1) is 12.0. The quantitative estimate of drug-likeness (QED) is 0.907. The molecule has 0 atom stereocenters. The first-order chi connectivity index (χ1) is 8.19. The van der Waals surface area contributed by atoms with Crippen LogP contribution in [-0.2, 0) is 20.3 Å². The normalized spacial score (nSPS) is 10.5. The fourth-order valence-electron chi connectivity index (χ4n) is 1.50. The summed E-state index contributed by atoms with van der Waals surface area (Å²) >= 11 is 5.83. The van der Waals surface area contributed by atoms with Gasteiger partial charge in [-0.05, 0) is 24.3 Å². The maximum absolute atomic E-state index is 9.19. The van der Waals surface area contributed by atoms with Crippen LogP contribution in [0.4, 0.5) is 0 Å². The van der Waals surface area contributed by atoms with E-state index in [9.17, 15) is 5.11 Å². The molecule has 0 saturated carbocycles. The van der Waals surface area contributed by atoms with E-state index in [-0.39, 0.29) is 6.61 Å². The summed E-state index contributed by atoms with van der Waals surface area (Å²) in [7, 11) is 1.85. The molecule has 5 heteroatoms. The highest BCUT2D eigenvalue weighted by molar-refractivity contribution is 6.30. The molecule has 0 aliphatic heterocycles. The van der Waals surface area contributed by atoms with Crippen LogP contribution >= 0.6 is 11.6 Å². The van der Waals surface area contributed by atoms with Crippen molar-refractivity contribution in [3.05, 3.63) is 46.7 Å². The van der Waals surface area contributed by atoms with Crippen molar-refractivity contribution in [2.75, 3.05) is 0 Å². The number of aliphatic hydroxyl groups is 1. The van der Waals surface area contributed by atoms with Crippen LogP contribution in [-0.4, -0.2) is 14.9 Å². The molecule has 0 amide bonds. The summed E-state index contributed by atoms with van der Waals surface area (Å²) in [5, 5.41) is 14.0. The van der Waals surface area contributed by atoms with E-state index in [2.05, 4.69) is 5.10 Å². The lowest BCUT2D eigenvalue weighted by Gasteiger charge is -2.09. The molecule has 2 aromatic rings. The van der Waals surface area contributed by atoms with E-state index in [0.717, 1.165) is 5.69 Å². The Morgan fingerprint density at radius 2 is 2.24 bits per heavy atom.